The van der Waals surface area contributed by atoms with Crippen molar-refractivity contribution in [3.8, 4) is 0 Å². The number of nitrogens with zero attached hydrogens (tertiary/aromatic N) is 2. The first-order valence-corrected chi connectivity index (χ1v) is 7.27. The third kappa shape index (κ3) is 3.08. The van der Waals surface area contributed by atoms with Crippen LogP contribution in [0.15, 0.2) is 34.3 Å². The van der Waals surface area contributed by atoms with E-state index in [0.717, 1.165) is 5.56 Å². The maximum absolute atomic E-state index is 11.9. The minimum atomic E-state index is -4.05. The number of morpholine rings is 1. The molecule has 0 aromatic heterocycles. The van der Waals surface area contributed by atoms with Gasteiger partial charge in [0.2, 0.25) is 0 Å². The molecule has 7 nitrogen and oxygen atoms in total. The molecule has 0 saturated carbocycles. The molecule has 0 N–H and O–H groups in total. The van der Waals surface area contributed by atoms with Gasteiger partial charge in [-0.1, -0.05) is 17.7 Å². The van der Waals surface area contributed by atoms with Crippen LogP contribution in [0.5, 0.6) is 0 Å². The Kier molecular flexibility index (Phi) is 3.93. The Bertz CT molecular complexity index is 636. The molecule has 2 rings (SSSR count). The lowest BCUT2D eigenvalue weighted by molar-refractivity contribution is -0.138. The van der Waals surface area contributed by atoms with Crippen molar-refractivity contribution < 1.29 is 22.2 Å². The number of cyclic esters (lactones) is 1. The zero-order valence-corrected chi connectivity index (χ0v) is 11.9. The minimum Gasteiger partial charge on any atom is -0.458 e. The summed E-state index contributed by atoms with van der Waals surface area (Å²) in [5.74, 6) is -0.884. The highest BCUT2D eigenvalue weighted by Gasteiger charge is 2.26. The number of hydrogen-bond acceptors (Lipinski definition) is 6. The Balaban J connectivity index is 2.20. The Morgan fingerprint density at radius 3 is 2.55 bits per heavy atom. The fourth-order valence-corrected chi connectivity index (χ4v) is 2.27. The average molecular weight is 298 g/mol. The monoisotopic (exact) mass is 298 g/mol. The summed E-state index contributed by atoms with van der Waals surface area (Å²) in [6, 6.07) is 6.11. The van der Waals surface area contributed by atoms with Crippen LogP contribution in [0.4, 0.5) is 0 Å². The third-order valence-electron chi connectivity index (χ3n) is 2.74. The maximum atomic E-state index is 11.9. The number of oxime groups is 1. The molecule has 0 radical (unpaired) electrons. The second-order valence-electron chi connectivity index (χ2n) is 4.31. The fraction of sp³-hybridized carbons (Fsp3) is 0.333. The van der Waals surface area contributed by atoms with Crippen LogP contribution in [0.2, 0.25) is 0 Å². The van der Waals surface area contributed by atoms with Gasteiger partial charge in [0.15, 0.2) is 0 Å². The number of benzene rings is 1. The highest BCUT2D eigenvalue weighted by molar-refractivity contribution is 7.86. The molecule has 1 aromatic rings. The van der Waals surface area contributed by atoms with Gasteiger partial charge in [-0.05, 0) is 24.2 Å². The predicted molar refractivity (Wildman–Crippen MR) is 70.5 cm³/mol. The van der Waals surface area contributed by atoms with E-state index in [2.05, 4.69) is 9.44 Å². The van der Waals surface area contributed by atoms with Gasteiger partial charge in [0.1, 0.15) is 11.5 Å². The highest BCUT2D eigenvalue weighted by atomic mass is 32.2. The van der Waals surface area contributed by atoms with E-state index in [-0.39, 0.29) is 17.3 Å². The van der Waals surface area contributed by atoms with Gasteiger partial charge in [-0.15, -0.1) is 0 Å². The van der Waals surface area contributed by atoms with Crippen molar-refractivity contribution in [2.75, 3.05) is 20.2 Å². The van der Waals surface area contributed by atoms with Crippen molar-refractivity contribution in [1.29, 1.82) is 0 Å². The number of rotatable bonds is 3. The first-order valence-electron chi connectivity index (χ1n) is 5.87. The van der Waals surface area contributed by atoms with E-state index in [0.29, 0.717) is 6.54 Å². The lowest BCUT2D eigenvalue weighted by Crippen LogP contribution is -2.42. The van der Waals surface area contributed by atoms with E-state index >= 15 is 0 Å². The first kappa shape index (κ1) is 14.3. The Labute approximate surface area is 116 Å². The van der Waals surface area contributed by atoms with Gasteiger partial charge in [-0.25, -0.2) is 4.79 Å². The molecule has 1 aliphatic rings. The molecular weight excluding hydrogens is 284 g/mol. The summed E-state index contributed by atoms with van der Waals surface area (Å²) in [6.45, 7) is 2.50. The maximum Gasteiger partial charge on any atom is 0.377 e. The SMILES string of the molecule is Cc1ccc(S(=O)(=O)O/N=C2/C(=O)OCCN2C)cc1. The summed E-state index contributed by atoms with van der Waals surface area (Å²) in [5, 5.41) is 3.40. The van der Waals surface area contributed by atoms with Crippen LogP contribution in [0.3, 0.4) is 0 Å². The molecular formula is C12H14N2O5S. The Morgan fingerprint density at radius 2 is 1.95 bits per heavy atom. The average Bonchev–Trinajstić information content (AvgIpc) is 2.38. The van der Waals surface area contributed by atoms with Crippen molar-refractivity contribution in [3.05, 3.63) is 29.8 Å². The van der Waals surface area contributed by atoms with Crippen LogP contribution in [0.25, 0.3) is 0 Å². The van der Waals surface area contributed by atoms with Crippen LogP contribution < -0.4 is 0 Å². The predicted octanol–water partition coefficient (Wildman–Crippen LogP) is 0.502. The van der Waals surface area contributed by atoms with Crippen LogP contribution >= 0.6 is 0 Å². The number of amidine groups is 1. The third-order valence-corrected chi connectivity index (χ3v) is 3.86. The number of ether oxygens (including phenoxy) is 1. The number of hydrogen-bond donors (Lipinski definition) is 0. The second kappa shape index (κ2) is 5.49. The van der Waals surface area contributed by atoms with E-state index in [1.807, 2.05) is 6.92 Å². The summed E-state index contributed by atoms with van der Waals surface area (Å²) in [5.41, 5.74) is 0.922. The molecule has 1 aromatic carbocycles. The van der Waals surface area contributed by atoms with E-state index < -0.39 is 16.1 Å². The van der Waals surface area contributed by atoms with Crippen LogP contribution in [-0.4, -0.2) is 45.3 Å². The van der Waals surface area contributed by atoms with Crippen molar-refractivity contribution in [3.63, 3.8) is 0 Å². The molecule has 1 heterocycles. The van der Waals surface area contributed by atoms with Crippen molar-refractivity contribution >= 4 is 21.9 Å². The van der Waals surface area contributed by atoms with Gasteiger partial charge in [0, 0.05) is 7.05 Å². The molecule has 0 aliphatic carbocycles. The van der Waals surface area contributed by atoms with Gasteiger partial charge >= 0.3 is 16.1 Å². The first-order chi connectivity index (χ1) is 9.40. The topological polar surface area (TPSA) is 85.3 Å². The molecule has 1 saturated heterocycles. The smallest absolute Gasteiger partial charge is 0.377 e. The second-order valence-corrected chi connectivity index (χ2v) is 5.84. The summed E-state index contributed by atoms with van der Waals surface area (Å²) in [4.78, 5) is 12.9. The number of carbonyl (C=O) groups excluding carboxylic acids is 1. The van der Waals surface area contributed by atoms with E-state index in [9.17, 15) is 13.2 Å². The van der Waals surface area contributed by atoms with Gasteiger partial charge in [0.05, 0.1) is 6.54 Å². The van der Waals surface area contributed by atoms with Crippen molar-refractivity contribution in [1.82, 2.24) is 4.90 Å². The summed E-state index contributed by atoms with van der Waals surface area (Å²) < 4.78 is 33.1. The van der Waals surface area contributed by atoms with Crippen LogP contribution in [-0.2, 0) is 23.9 Å². The quantitative estimate of drug-likeness (QED) is 0.597. The normalized spacial score (nSPS) is 18.0. The molecule has 0 amide bonds. The zero-order valence-electron chi connectivity index (χ0n) is 11.1. The van der Waals surface area contributed by atoms with Crippen molar-refractivity contribution in [2.24, 2.45) is 5.16 Å². The number of likely N-dealkylation sites (N-methyl/N-ethyl adjacent to an activating group) is 1. The van der Waals surface area contributed by atoms with Gasteiger partial charge in [-0.3, -0.25) is 4.28 Å². The molecule has 0 bridgehead atoms. The lowest BCUT2D eigenvalue weighted by Gasteiger charge is -2.23. The minimum absolute atomic E-state index is 0.0284. The molecule has 0 spiro atoms. The molecule has 1 fully saturated rings. The van der Waals surface area contributed by atoms with E-state index in [1.165, 1.54) is 17.0 Å². The molecule has 8 heteroatoms. The van der Waals surface area contributed by atoms with Gasteiger partial charge < -0.3 is 9.64 Å². The highest BCUT2D eigenvalue weighted by Crippen LogP contribution is 2.14. The van der Waals surface area contributed by atoms with Gasteiger partial charge in [0.25, 0.3) is 5.84 Å². The summed E-state index contributed by atoms with van der Waals surface area (Å²) in [7, 11) is -2.45. The fourth-order valence-electron chi connectivity index (χ4n) is 1.54. The van der Waals surface area contributed by atoms with Gasteiger partial charge in [-0.2, -0.15) is 8.42 Å². The zero-order chi connectivity index (χ0) is 14.8. The van der Waals surface area contributed by atoms with E-state index in [4.69, 9.17) is 4.74 Å². The Hall–Kier alpha value is -2.09. The molecule has 108 valence electrons. The molecule has 0 atom stereocenters. The van der Waals surface area contributed by atoms with Crippen molar-refractivity contribution in [2.45, 2.75) is 11.8 Å². The lowest BCUT2D eigenvalue weighted by atomic mass is 10.2. The van der Waals surface area contributed by atoms with Crippen LogP contribution in [0.1, 0.15) is 5.56 Å². The number of aryl methyl sites for hydroxylation is 1. The summed E-state index contributed by atoms with van der Waals surface area (Å²) >= 11 is 0. The standard InChI is InChI=1S/C12H14N2O5S/c1-9-3-5-10(6-4-9)20(16,17)19-13-11-12(15)18-8-7-14(11)2/h3-6H,7-8H2,1-2H3/b13-11-. The molecule has 0 unspecified atom stereocenters. The Morgan fingerprint density at radius 1 is 1.30 bits per heavy atom. The largest absolute Gasteiger partial charge is 0.458 e. The number of esters is 1. The van der Waals surface area contributed by atoms with E-state index in [1.54, 1.807) is 19.2 Å². The van der Waals surface area contributed by atoms with Crippen LogP contribution in [0, 0.1) is 6.92 Å². The number of carbonyl (C=O) groups is 1. The molecule has 1 aliphatic heterocycles. The molecule has 20 heavy (non-hydrogen) atoms. The summed E-state index contributed by atoms with van der Waals surface area (Å²) in [6.07, 6.45) is 0.